The normalized spacial score (nSPS) is 17.2. The van der Waals surface area contributed by atoms with Crippen LogP contribution in [0.5, 0.6) is 0 Å². The summed E-state index contributed by atoms with van der Waals surface area (Å²) in [6.45, 7) is 2.23. The number of hydrogen-bond acceptors (Lipinski definition) is 0. The van der Waals surface area contributed by atoms with Gasteiger partial charge in [0.1, 0.15) is 0 Å². The molecule has 0 aromatic carbocycles. The molecule has 1 heteroatoms. The average Bonchev–Trinajstić information content (AvgIpc) is 2.14. The van der Waals surface area contributed by atoms with Gasteiger partial charge in [-0.25, -0.2) is 0 Å². The fourth-order valence-electron chi connectivity index (χ4n) is 1.08. The zero-order valence-corrected chi connectivity index (χ0v) is 7.78. The van der Waals surface area contributed by atoms with Crippen LogP contribution in [0.4, 0.5) is 0 Å². The van der Waals surface area contributed by atoms with E-state index < -0.39 is 0 Å². The van der Waals surface area contributed by atoms with Gasteiger partial charge in [-0.2, -0.15) is 0 Å². The van der Waals surface area contributed by atoms with E-state index in [-0.39, 0.29) is 33.8 Å². The van der Waals surface area contributed by atoms with E-state index in [2.05, 4.69) is 22.1 Å². The summed E-state index contributed by atoms with van der Waals surface area (Å²) in [7, 11) is 0. The molecule has 0 heterocycles. The van der Waals surface area contributed by atoms with Gasteiger partial charge >= 0.3 is 69.6 Å². The van der Waals surface area contributed by atoms with Gasteiger partial charge in [-0.15, -0.1) is 0 Å². The summed E-state index contributed by atoms with van der Waals surface area (Å²) in [5.41, 5.74) is 1.56. The second kappa shape index (κ2) is 3.05. The molecular formula is C7H10Ca. The van der Waals surface area contributed by atoms with Crippen LogP contribution in [0.3, 0.4) is 0 Å². The first-order valence-electron chi connectivity index (χ1n) is 3.19. The van der Waals surface area contributed by atoms with Crippen LogP contribution in [0.25, 0.3) is 0 Å². The second-order valence-corrected chi connectivity index (χ2v) is 4.68. The average molecular weight is 134 g/mol. The minimum atomic E-state index is -0.211. The Bertz CT molecular complexity index is 142. The van der Waals surface area contributed by atoms with Crippen LogP contribution in [0.2, 0.25) is 3.02 Å². The Kier molecular flexibility index (Phi) is 2.61. The molecule has 0 aliphatic heterocycles. The molecule has 40 valence electrons. The molecule has 0 bridgehead atoms. The summed E-state index contributed by atoms with van der Waals surface area (Å²) >= 11 is -0.211. The van der Waals surface area contributed by atoms with Crippen LogP contribution >= 0.6 is 0 Å². The molecule has 0 unspecified atom stereocenters. The Morgan fingerprint density at radius 3 is 2.62 bits per heavy atom. The first kappa shape index (κ1) is 6.85. The SMILES string of the molecule is [CH3][Ca][C]1=C(C)C=CC1. The third-order valence-electron chi connectivity index (χ3n) is 1.72. The molecule has 1 aliphatic carbocycles. The van der Waals surface area contributed by atoms with Gasteiger partial charge in [0.15, 0.2) is 0 Å². The Balaban J connectivity index is 2.68. The van der Waals surface area contributed by atoms with E-state index in [1.807, 2.05) is 0 Å². The third-order valence-corrected chi connectivity index (χ3v) is 4.37. The summed E-state index contributed by atoms with van der Waals surface area (Å²) in [6.07, 6.45) is 5.81. The van der Waals surface area contributed by atoms with Gasteiger partial charge in [-0.1, -0.05) is 0 Å². The topological polar surface area (TPSA) is 0 Å². The monoisotopic (exact) mass is 134 g/mol. The van der Waals surface area contributed by atoms with Crippen molar-refractivity contribution in [1.82, 2.24) is 0 Å². The Morgan fingerprint density at radius 1 is 1.62 bits per heavy atom. The summed E-state index contributed by atoms with van der Waals surface area (Å²) in [5.74, 6) is 0. The van der Waals surface area contributed by atoms with Gasteiger partial charge in [-0.05, 0) is 0 Å². The molecular weight excluding hydrogens is 124 g/mol. The van der Waals surface area contributed by atoms with Crippen LogP contribution in [0.15, 0.2) is 19.4 Å². The third kappa shape index (κ3) is 1.37. The zero-order chi connectivity index (χ0) is 5.98. The molecule has 0 saturated heterocycles. The predicted molar refractivity (Wildman–Crippen MR) is 38.1 cm³/mol. The fourth-order valence-corrected chi connectivity index (χ4v) is 2.85. The van der Waals surface area contributed by atoms with Gasteiger partial charge in [0.25, 0.3) is 0 Å². The van der Waals surface area contributed by atoms with Crippen LogP contribution in [0, 0.1) is 0 Å². The van der Waals surface area contributed by atoms with E-state index in [0.717, 1.165) is 0 Å². The molecule has 0 aromatic heterocycles. The quantitative estimate of drug-likeness (QED) is 0.481. The maximum atomic E-state index is 2.40. The van der Waals surface area contributed by atoms with Crippen molar-refractivity contribution in [3.8, 4) is 0 Å². The zero-order valence-electron chi connectivity index (χ0n) is 5.57. The van der Waals surface area contributed by atoms with E-state index in [9.17, 15) is 0 Å². The van der Waals surface area contributed by atoms with E-state index in [4.69, 9.17) is 0 Å². The second-order valence-electron chi connectivity index (χ2n) is 2.25. The molecule has 0 N–H and O–H groups in total. The van der Waals surface area contributed by atoms with Gasteiger partial charge in [0.05, 0.1) is 0 Å². The van der Waals surface area contributed by atoms with Crippen LogP contribution in [-0.2, 0) is 0 Å². The van der Waals surface area contributed by atoms with Gasteiger partial charge in [0.2, 0.25) is 0 Å². The van der Waals surface area contributed by atoms with Crippen molar-refractivity contribution in [3.63, 3.8) is 0 Å². The molecule has 0 spiro atoms. The maximum absolute atomic E-state index is 2.40. The van der Waals surface area contributed by atoms with E-state index in [1.165, 1.54) is 6.42 Å². The van der Waals surface area contributed by atoms with Crippen LogP contribution in [0.1, 0.15) is 13.3 Å². The molecule has 1 rings (SSSR count). The van der Waals surface area contributed by atoms with Crippen molar-refractivity contribution in [2.24, 2.45) is 0 Å². The van der Waals surface area contributed by atoms with Crippen molar-refractivity contribution in [1.29, 1.82) is 0 Å². The van der Waals surface area contributed by atoms with E-state index in [0.29, 0.717) is 0 Å². The molecule has 8 heavy (non-hydrogen) atoms. The number of rotatable bonds is 1. The summed E-state index contributed by atoms with van der Waals surface area (Å²) in [6, 6.07) is 0. The van der Waals surface area contributed by atoms with E-state index >= 15 is 0 Å². The number of hydrogen-bond donors (Lipinski definition) is 0. The van der Waals surface area contributed by atoms with Crippen molar-refractivity contribution in [2.45, 2.75) is 16.4 Å². The van der Waals surface area contributed by atoms with Crippen molar-refractivity contribution in [3.05, 3.63) is 19.4 Å². The van der Waals surface area contributed by atoms with Crippen molar-refractivity contribution in [2.75, 3.05) is 0 Å². The summed E-state index contributed by atoms with van der Waals surface area (Å²) in [5, 5.41) is 0. The van der Waals surface area contributed by atoms with Crippen molar-refractivity contribution < 1.29 is 0 Å². The molecule has 1 aliphatic rings. The molecule has 0 fully saturated rings. The Labute approximate surface area is 69.0 Å². The first-order valence-corrected chi connectivity index (χ1v) is 6.51. The van der Waals surface area contributed by atoms with Crippen molar-refractivity contribution >= 4 is 33.8 Å². The predicted octanol–water partition coefficient (Wildman–Crippen LogP) is 1.97. The standard InChI is InChI=1S/C6H7.CH3.Ca/c1-6-4-2-3-5-6;;/h2,4H,3H2,1H3;1H3;. The molecule has 0 nitrogen and oxygen atoms in total. The number of allylic oxidation sites excluding steroid dienone is 4. The fraction of sp³-hybridized carbons (Fsp3) is 0.429. The van der Waals surface area contributed by atoms with Gasteiger partial charge < -0.3 is 0 Å². The molecule has 0 amide bonds. The minimum absolute atomic E-state index is 0.211. The molecule has 0 radical (unpaired) electrons. The van der Waals surface area contributed by atoms with E-state index in [1.54, 1.807) is 7.24 Å². The van der Waals surface area contributed by atoms with Gasteiger partial charge in [0, 0.05) is 0 Å². The first-order chi connectivity index (χ1) is 3.84. The van der Waals surface area contributed by atoms with Crippen LogP contribution < -0.4 is 0 Å². The molecule has 0 atom stereocenters. The van der Waals surface area contributed by atoms with Crippen LogP contribution in [-0.4, -0.2) is 33.8 Å². The molecule has 0 aromatic rings. The Morgan fingerprint density at radius 2 is 2.38 bits per heavy atom. The van der Waals surface area contributed by atoms with Gasteiger partial charge in [-0.3, -0.25) is 0 Å². The summed E-state index contributed by atoms with van der Waals surface area (Å²) in [4.78, 5) is 0. The Hall–Kier alpha value is 0.740. The molecule has 0 saturated carbocycles. The summed E-state index contributed by atoms with van der Waals surface area (Å²) < 4.78 is 4.19.